The van der Waals surface area contributed by atoms with Crippen molar-refractivity contribution in [1.82, 2.24) is 4.90 Å². The van der Waals surface area contributed by atoms with Crippen molar-refractivity contribution in [3.8, 4) is 0 Å². The van der Waals surface area contributed by atoms with Crippen molar-refractivity contribution >= 4 is 21.8 Å². The molecule has 1 amide bonds. The largest absolute Gasteiger partial charge is 0.374 e. The summed E-state index contributed by atoms with van der Waals surface area (Å²) in [4.78, 5) is 14.0. The number of halogens is 1. The zero-order valence-corrected chi connectivity index (χ0v) is 12.7. The standard InChI is InChI=1S/C14H18BrNO2/c1-9(2)16-12(17)14(18,13(16,3)4)10-6-5-7-11(15)8-10/h5-9,18H,1-4H3/t14-/m1/s1. The van der Waals surface area contributed by atoms with Gasteiger partial charge in [-0.25, -0.2) is 0 Å². The highest BCUT2D eigenvalue weighted by molar-refractivity contribution is 9.10. The molecule has 1 saturated heterocycles. The molecule has 4 heteroatoms. The Balaban J connectivity index is 2.48. The van der Waals surface area contributed by atoms with E-state index in [9.17, 15) is 9.90 Å². The molecule has 0 aromatic heterocycles. The van der Waals surface area contributed by atoms with E-state index >= 15 is 0 Å². The van der Waals surface area contributed by atoms with E-state index in [1.54, 1.807) is 17.0 Å². The highest BCUT2D eigenvalue weighted by atomic mass is 79.9. The van der Waals surface area contributed by atoms with Gasteiger partial charge in [-0.15, -0.1) is 0 Å². The van der Waals surface area contributed by atoms with Gasteiger partial charge in [0.25, 0.3) is 5.91 Å². The topological polar surface area (TPSA) is 40.5 Å². The van der Waals surface area contributed by atoms with Crippen LogP contribution in [0.1, 0.15) is 33.3 Å². The number of likely N-dealkylation sites (tertiary alicyclic amines) is 1. The van der Waals surface area contributed by atoms with Crippen LogP contribution in [0, 0.1) is 0 Å². The molecular formula is C14H18BrNO2. The molecule has 1 atom stereocenters. The maximum absolute atomic E-state index is 12.3. The number of aliphatic hydroxyl groups is 1. The molecule has 0 unspecified atom stereocenters. The van der Waals surface area contributed by atoms with Crippen LogP contribution >= 0.6 is 15.9 Å². The summed E-state index contributed by atoms with van der Waals surface area (Å²) in [7, 11) is 0. The van der Waals surface area contributed by atoms with E-state index in [0.717, 1.165) is 4.47 Å². The number of carbonyl (C=O) groups excluding carboxylic acids is 1. The van der Waals surface area contributed by atoms with Crippen LogP contribution in [0.25, 0.3) is 0 Å². The molecule has 1 fully saturated rings. The van der Waals surface area contributed by atoms with Crippen LogP contribution in [0.2, 0.25) is 0 Å². The van der Waals surface area contributed by atoms with Gasteiger partial charge >= 0.3 is 0 Å². The van der Waals surface area contributed by atoms with Crippen LogP contribution in [-0.2, 0) is 10.4 Å². The van der Waals surface area contributed by atoms with Gasteiger partial charge in [-0.05, 0) is 45.4 Å². The van der Waals surface area contributed by atoms with Gasteiger partial charge in [-0.2, -0.15) is 0 Å². The molecule has 0 saturated carbocycles. The second-order valence-corrected chi connectivity index (χ2v) is 6.46. The Morgan fingerprint density at radius 1 is 1.33 bits per heavy atom. The Morgan fingerprint density at radius 2 is 1.94 bits per heavy atom. The molecule has 0 bridgehead atoms. The summed E-state index contributed by atoms with van der Waals surface area (Å²) in [6.07, 6.45) is 0. The van der Waals surface area contributed by atoms with Crippen LogP contribution < -0.4 is 0 Å². The summed E-state index contributed by atoms with van der Waals surface area (Å²) >= 11 is 3.37. The number of amides is 1. The smallest absolute Gasteiger partial charge is 0.262 e. The second kappa shape index (κ2) is 4.07. The van der Waals surface area contributed by atoms with Gasteiger partial charge in [0.2, 0.25) is 0 Å². The SMILES string of the molecule is CC(C)N1C(=O)[C@](O)(c2cccc(Br)c2)C1(C)C. The first kappa shape index (κ1) is 13.6. The third kappa shape index (κ3) is 1.55. The van der Waals surface area contributed by atoms with Crippen molar-refractivity contribution in [2.75, 3.05) is 0 Å². The second-order valence-electron chi connectivity index (χ2n) is 5.55. The quantitative estimate of drug-likeness (QED) is 0.853. The van der Waals surface area contributed by atoms with Crippen molar-refractivity contribution in [2.24, 2.45) is 0 Å². The molecule has 1 aromatic carbocycles. The average Bonchev–Trinajstić information content (AvgIpc) is 2.26. The van der Waals surface area contributed by atoms with Crippen molar-refractivity contribution in [3.05, 3.63) is 34.3 Å². The predicted molar refractivity (Wildman–Crippen MR) is 74.1 cm³/mol. The van der Waals surface area contributed by atoms with Crippen molar-refractivity contribution < 1.29 is 9.90 Å². The van der Waals surface area contributed by atoms with Crippen LogP contribution in [0.3, 0.4) is 0 Å². The highest BCUT2D eigenvalue weighted by Crippen LogP contribution is 2.49. The normalized spacial score (nSPS) is 26.4. The summed E-state index contributed by atoms with van der Waals surface area (Å²) in [5.41, 5.74) is -1.39. The van der Waals surface area contributed by atoms with Gasteiger partial charge in [0.1, 0.15) is 0 Å². The van der Waals surface area contributed by atoms with Crippen molar-refractivity contribution in [2.45, 2.75) is 44.9 Å². The first-order chi connectivity index (χ1) is 8.23. The van der Waals surface area contributed by atoms with E-state index in [-0.39, 0.29) is 11.9 Å². The van der Waals surface area contributed by atoms with Gasteiger partial charge in [0.05, 0.1) is 5.54 Å². The molecule has 98 valence electrons. The van der Waals surface area contributed by atoms with Crippen molar-refractivity contribution in [3.63, 3.8) is 0 Å². The summed E-state index contributed by atoms with van der Waals surface area (Å²) in [6, 6.07) is 7.39. The fourth-order valence-corrected chi connectivity index (χ4v) is 3.28. The van der Waals surface area contributed by atoms with E-state index < -0.39 is 11.1 Å². The first-order valence-corrected chi connectivity index (χ1v) is 6.84. The van der Waals surface area contributed by atoms with E-state index in [2.05, 4.69) is 15.9 Å². The zero-order valence-electron chi connectivity index (χ0n) is 11.1. The number of nitrogens with zero attached hydrogens (tertiary/aromatic N) is 1. The molecular weight excluding hydrogens is 294 g/mol. The summed E-state index contributed by atoms with van der Waals surface area (Å²) < 4.78 is 0.861. The minimum atomic E-state index is -1.43. The zero-order chi connectivity index (χ0) is 13.7. The van der Waals surface area contributed by atoms with Gasteiger partial charge in [0.15, 0.2) is 5.60 Å². The van der Waals surface area contributed by atoms with Gasteiger partial charge in [0, 0.05) is 10.5 Å². The number of hydrogen-bond acceptors (Lipinski definition) is 2. The molecule has 1 aromatic rings. The Kier molecular flexibility index (Phi) is 3.06. The Hall–Kier alpha value is -0.870. The molecule has 0 spiro atoms. The maximum Gasteiger partial charge on any atom is 0.262 e. The average molecular weight is 312 g/mol. The number of benzene rings is 1. The lowest BCUT2D eigenvalue weighted by molar-refractivity contribution is -0.221. The molecule has 0 aliphatic carbocycles. The Labute approximate surface area is 116 Å². The monoisotopic (exact) mass is 311 g/mol. The molecule has 1 N–H and O–H groups in total. The van der Waals surface area contributed by atoms with Crippen LogP contribution in [0.4, 0.5) is 0 Å². The van der Waals surface area contributed by atoms with Crippen LogP contribution in [-0.4, -0.2) is 27.5 Å². The number of carbonyl (C=O) groups is 1. The highest BCUT2D eigenvalue weighted by Gasteiger charge is 2.67. The fraction of sp³-hybridized carbons (Fsp3) is 0.500. The fourth-order valence-electron chi connectivity index (χ4n) is 2.88. The third-order valence-corrected chi connectivity index (χ3v) is 4.27. The lowest BCUT2D eigenvalue weighted by Gasteiger charge is -2.61. The molecule has 1 aliphatic heterocycles. The molecule has 1 aliphatic rings. The number of β-lactam (4-membered cyclic amide) rings is 1. The summed E-state index contributed by atoms with van der Waals surface area (Å²) in [6.45, 7) is 7.71. The van der Waals surface area contributed by atoms with Crippen LogP contribution in [0.5, 0.6) is 0 Å². The lowest BCUT2D eigenvalue weighted by atomic mass is 9.67. The molecule has 0 radical (unpaired) electrons. The molecule has 3 nitrogen and oxygen atoms in total. The van der Waals surface area contributed by atoms with E-state index in [1.807, 2.05) is 39.8 Å². The molecule has 2 rings (SSSR count). The lowest BCUT2D eigenvalue weighted by Crippen LogP contribution is -2.79. The van der Waals surface area contributed by atoms with E-state index in [1.165, 1.54) is 0 Å². The van der Waals surface area contributed by atoms with Gasteiger partial charge < -0.3 is 10.0 Å². The van der Waals surface area contributed by atoms with E-state index in [0.29, 0.717) is 5.56 Å². The first-order valence-electron chi connectivity index (χ1n) is 6.05. The predicted octanol–water partition coefficient (Wildman–Crippen LogP) is 2.67. The minimum absolute atomic E-state index is 0.0833. The van der Waals surface area contributed by atoms with Crippen molar-refractivity contribution in [1.29, 1.82) is 0 Å². The maximum atomic E-state index is 12.3. The Bertz CT molecular complexity index is 498. The van der Waals surface area contributed by atoms with Crippen LogP contribution in [0.15, 0.2) is 28.7 Å². The molecule has 18 heavy (non-hydrogen) atoms. The number of hydrogen-bond donors (Lipinski definition) is 1. The summed E-state index contributed by atoms with van der Waals surface area (Å²) in [5.74, 6) is -0.222. The third-order valence-electron chi connectivity index (χ3n) is 3.77. The molecule has 1 heterocycles. The van der Waals surface area contributed by atoms with Gasteiger partial charge in [-0.1, -0.05) is 28.1 Å². The van der Waals surface area contributed by atoms with E-state index in [4.69, 9.17) is 0 Å². The van der Waals surface area contributed by atoms with Gasteiger partial charge in [-0.3, -0.25) is 4.79 Å². The Morgan fingerprint density at radius 3 is 2.39 bits per heavy atom. The number of rotatable bonds is 2. The minimum Gasteiger partial charge on any atom is -0.374 e. The summed E-state index contributed by atoms with van der Waals surface area (Å²) in [5, 5.41) is 10.8.